The zero-order valence-electron chi connectivity index (χ0n) is 14.6. The fourth-order valence-corrected chi connectivity index (χ4v) is 2.94. The Hall–Kier alpha value is -2.94. The third kappa shape index (κ3) is 3.99. The lowest BCUT2D eigenvalue weighted by molar-refractivity contribution is 0.116. The molecule has 9 heteroatoms. The zero-order valence-corrected chi connectivity index (χ0v) is 14.6. The van der Waals surface area contributed by atoms with E-state index in [-0.39, 0.29) is 11.5 Å². The van der Waals surface area contributed by atoms with Crippen molar-refractivity contribution in [3.63, 3.8) is 0 Å². The second kappa shape index (κ2) is 7.97. The van der Waals surface area contributed by atoms with Crippen molar-refractivity contribution < 1.29 is 27.1 Å². The third-order valence-electron chi connectivity index (χ3n) is 4.31. The molecule has 1 atom stereocenters. The van der Waals surface area contributed by atoms with Crippen molar-refractivity contribution in [1.29, 1.82) is 0 Å². The summed E-state index contributed by atoms with van der Waals surface area (Å²) in [6.07, 6.45) is -0.416. The summed E-state index contributed by atoms with van der Waals surface area (Å²) < 4.78 is 55.7. The first-order chi connectivity index (χ1) is 13.6. The van der Waals surface area contributed by atoms with Gasteiger partial charge in [-0.3, -0.25) is 4.98 Å². The van der Waals surface area contributed by atoms with Crippen LogP contribution in [0.3, 0.4) is 0 Å². The van der Waals surface area contributed by atoms with Crippen LogP contribution in [-0.4, -0.2) is 35.0 Å². The minimum atomic E-state index is -2.90. The highest BCUT2D eigenvalue weighted by Gasteiger charge is 2.20. The second-order valence-electron chi connectivity index (χ2n) is 6.37. The van der Waals surface area contributed by atoms with E-state index < -0.39 is 18.1 Å². The van der Waals surface area contributed by atoms with Crippen molar-refractivity contribution in [2.75, 3.05) is 19.8 Å². The van der Waals surface area contributed by atoms with Crippen LogP contribution in [0.1, 0.15) is 18.7 Å². The standard InChI is InChI=1S/C19H16F3N3O3/c20-14-7-12(6-13(8-14)18-24-25-19(28-18)17(21)22)16-15(2-1-4-23-16)27-10-11-3-5-26-9-11/h1-2,4,6-8,11,17H,3,5,9-10H2. The largest absolute Gasteiger partial charge is 0.491 e. The maximum atomic E-state index is 14.2. The van der Waals surface area contributed by atoms with E-state index in [0.29, 0.717) is 42.7 Å². The quantitative estimate of drug-likeness (QED) is 0.624. The molecule has 0 bridgehead atoms. The Morgan fingerprint density at radius 3 is 2.79 bits per heavy atom. The van der Waals surface area contributed by atoms with Gasteiger partial charge in [0.1, 0.15) is 17.3 Å². The van der Waals surface area contributed by atoms with E-state index in [1.54, 1.807) is 24.4 Å². The monoisotopic (exact) mass is 391 g/mol. The number of ether oxygens (including phenoxy) is 2. The predicted molar refractivity (Wildman–Crippen MR) is 92.3 cm³/mol. The average Bonchev–Trinajstić information content (AvgIpc) is 3.38. The Labute approximate surface area is 158 Å². The number of aromatic nitrogens is 3. The van der Waals surface area contributed by atoms with Gasteiger partial charge in [0.2, 0.25) is 5.89 Å². The van der Waals surface area contributed by atoms with Crippen molar-refractivity contribution in [3.8, 4) is 28.5 Å². The zero-order chi connectivity index (χ0) is 19.5. The molecular formula is C19H16F3N3O3. The van der Waals surface area contributed by atoms with E-state index in [1.807, 2.05) is 0 Å². The number of benzene rings is 1. The molecule has 6 nitrogen and oxygen atoms in total. The lowest BCUT2D eigenvalue weighted by Crippen LogP contribution is -2.12. The molecule has 1 fully saturated rings. The normalized spacial score (nSPS) is 16.6. The first-order valence-electron chi connectivity index (χ1n) is 8.68. The molecule has 1 unspecified atom stereocenters. The van der Waals surface area contributed by atoms with Gasteiger partial charge in [-0.1, -0.05) is 0 Å². The van der Waals surface area contributed by atoms with Crippen LogP contribution in [0, 0.1) is 11.7 Å². The fraction of sp³-hybridized carbons (Fsp3) is 0.316. The summed E-state index contributed by atoms with van der Waals surface area (Å²) >= 11 is 0. The van der Waals surface area contributed by atoms with Crippen LogP contribution in [0.2, 0.25) is 0 Å². The van der Waals surface area contributed by atoms with Gasteiger partial charge in [-0.05, 0) is 36.8 Å². The summed E-state index contributed by atoms with van der Waals surface area (Å²) in [7, 11) is 0. The van der Waals surface area contributed by atoms with Crippen molar-refractivity contribution in [3.05, 3.63) is 48.2 Å². The van der Waals surface area contributed by atoms with E-state index in [1.165, 1.54) is 6.07 Å². The molecule has 1 aromatic carbocycles. The number of pyridine rings is 1. The Balaban J connectivity index is 1.64. The van der Waals surface area contributed by atoms with Crippen LogP contribution in [0.15, 0.2) is 40.9 Å². The fourth-order valence-electron chi connectivity index (χ4n) is 2.94. The minimum Gasteiger partial charge on any atom is -0.491 e. The Morgan fingerprint density at radius 2 is 2.04 bits per heavy atom. The van der Waals surface area contributed by atoms with Gasteiger partial charge in [-0.15, -0.1) is 10.2 Å². The molecule has 0 amide bonds. The van der Waals surface area contributed by atoms with Crippen molar-refractivity contribution >= 4 is 0 Å². The summed E-state index contributed by atoms with van der Waals surface area (Å²) in [6.45, 7) is 1.82. The van der Waals surface area contributed by atoms with Gasteiger partial charge in [0.15, 0.2) is 0 Å². The molecule has 3 aromatic rings. The van der Waals surface area contributed by atoms with Crippen LogP contribution in [0.5, 0.6) is 5.75 Å². The lowest BCUT2D eigenvalue weighted by atomic mass is 10.1. The molecule has 0 aliphatic carbocycles. The smallest absolute Gasteiger partial charge is 0.314 e. The highest BCUT2D eigenvalue weighted by molar-refractivity contribution is 5.71. The number of nitrogens with zero attached hydrogens (tertiary/aromatic N) is 3. The average molecular weight is 391 g/mol. The summed E-state index contributed by atoms with van der Waals surface area (Å²) in [5.41, 5.74) is 1.01. The van der Waals surface area contributed by atoms with Gasteiger partial charge in [0, 0.05) is 29.8 Å². The summed E-state index contributed by atoms with van der Waals surface area (Å²) in [5.74, 6) is -0.823. The minimum absolute atomic E-state index is 0.176. The summed E-state index contributed by atoms with van der Waals surface area (Å²) in [5, 5.41) is 6.84. The maximum absolute atomic E-state index is 14.2. The van der Waals surface area contributed by atoms with E-state index >= 15 is 0 Å². The van der Waals surface area contributed by atoms with Gasteiger partial charge in [0.05, 0.1) is 13.2 Å². The molecule has 146 valence electrons. The SMILES string of the molecule is Fc1cc(-c2nnc(C(F)F)o2)cc(-c2ncccc2OCC2CCOC2)c1. The number of rotatable bonds is 6. The third-order valence-corrected chi connectivity index (χ3v) is 4.31. The van der Waals surface area contributed by atoms with Crippen molar-refractivity contribution in [2.45, 2.75) is 12.8 Å². The molecule has 28 heavy (non-hydrogen) atoms. The molecule has 0 N–H and O–H groups in total. The van der Waals surface area contributed by atoms with Gasteiger partial charge in [-0.2, -0.15) is 8.78 Å². The summed E-state index contributed by atoms with van der Waals surface area (Å²) in [4.78, 5) is 4.29. The molecule has 0 radical (unpaired) electrons. The molecule has 4 rings (SSSR count). The molecule has 0 spiro atoms. The number of hydrogen-bond acceptors (Lipinski definition) is 6. The van der Waals surface area contributed by atoms with E-state index in [0.717, 1.165) is 12.5 Å². The van der Waals surface area contributed by atoms with Crippen molar-refractivity contribution in [2.24, 2.45) is 5.92 Å². The van der Waals surface area contributed by atoms with Crippen LogP contribution >= 0.6 is 0 Å². The number of hydrogen-bond donors (Lipinski definition) is 0. The first-order valence-corrected chi connectivity index (χ1v) is 8.68. The lowest BCUT2D eigenvalue weighted by Gasteiger charge is -2.13. The second-order valence-corrected chi connectivity index (χ2v) is 6.37. The van der Waals surface area contributed by atoms with Crippen molar-refractivity contribution in [1.82, 2.24) is 15.2 Å². The van der Waals surface area contributed by atoms with Gasteiger partial charge >= 0.3 is 6.43 Å². The van der Waals surface area contributed by atoms with Gasteiger partial charge in [-0.25, -0.2) is 4.39 Å². The van der Waals surface area contributed by atoms with E-state index in [9.17, 15) is 13.2 Å². The van der Waals surface area contributed by atoms with E-state index in [4.69, 9.17) is 13.9 Å². The molecular weight excluding hydrogens is 375 g/mol. The molecule has 0 saturated carbocycles. The van der Waals surface area contributed by atoms with E-state index in [2.05, 4.69) is 15.2 Å². The van der Waals surface area contributed by atoms with Crippen LogP contribution in [0.25, 0.3) is 22.7 Å². The Bertz CT molecular complexity index is 958. The highest BCUT2D eigenvalue weighted by atomic mass is 19.3. The molecule has 3 heterocycles. The van der Waals surface area contributed by atoms with Crippen LogP contribution < -0.4 is 4.74 Å². The Morgan fingerprint density at radius 1 is 1.18 bits per heavy atom. The Kier molecular flexibility index (Phi) is 5.25. The summed E-state index contributed by atoms with van der Waals surface area (Å²) in [6, 6.07) is 7.41. The number of alkyl halides is 2. The first kappa shape index (κ1) is 18.4. The van der Waals surface area contributed by atoms with Gasteiger partial charge < -0.3 is 13.9 Å². The molecule has 2 aromatic heterocycles. The molecule has 1 saturated heterocycles. The van der Waals surface area contributed by atoms with Gasteiger partial charge in [0.25, 0.3) is 5.89 Å². The maximum Gasteiger partial charge on any atom is 0.314 e. The molecule has 1 aliphatic rings. The molecule has 1 aliphatic heterocycles. The van der Waals surface area contributed by atoms with Crippen LogP contribution in [0.4, 0.5) is 13.2 Å². The number of halogens is 3. The van der Waals surface area contributed by atoms with Crippen LogP contribution in [-0.2, 0) is 4.74 Å². The topological polar surface area (TPSA) is 70.3 Å². The predicted octanol–water partition coefficient (Wildman–Crippen LogP) is 4.29. The highest BCUT2D eigenvalue weighted by Crippen LogP contribution is 2.32.